The lowest BCUT2D eigenvalue weighted by molar-refractivity contribution is -0.142. The van der Waals surface area contributed by atoms with Gasteiger partial charge in [-0.25, -0.2) is 4.79 Å². The molecule has 1 aromatic rings. The smallest absolute Gasteiger partial charge is 0.317 e. The molecule has 2 unspecified atom stereocenters. The number of likely N-dealkylation sites (N-methyl/N-ethyl adjacent to an activating group) is 1. The minimum absolute atomic E-state index is 0.155. The molecular weight excluding hydrogens is 268 g/mol. The van der Waals surface area contributed by atoms with Crippen molar-refractivity contribution >= 4 is 23.3 Å². The van der Waals surface area contributed by atoms with Crippen molar-refractivity contribution in [2.75, 3.05) is 20.3 Å². The summed E-state index contributed by atoms with van der Waals surface area (Å²) in [5, 5.41) is 13.8. The van der Waals surface area contributed by atoms with Crippen molar-refractivity contribution in [3.8, 4) is 0 Å². The molecule has 1 saturated heterocycles. The fraction of sp³-hybridized carbons (Fsp3) is 0.500. The molecule has 0 spiro atoms. The molecule has 0 radical (unpaired) electrons. The van der Waals surface area contributed by atoms with Gasteiger partial charge < -0.3 is 20.1 Å². The summed E-state index contributed by atoms with van der Waals surface area (Å²) in [5.74, 6) is -1.59. The van der Waals surface area contributed by atoms with Gasteiger partial charge in [0.1, 0.15) is 5.92 Å². The maximum atomic E-state index is 12.0. The number of thiophene rings is 1. The molecule has 1 fully saturated rings. The molecule has 2 rings (SSSR count). The number of urea groups is 1. The number of carboxylic acids is 1. The predicted octanol–water partition coefficient (Wildman–Crippen LogP) is 0.989. The van der Waals surface area contributed by atoms with Crippen LogP contribution in [0.15, 0.2) is 17.5 Å². The molecule has 104 valence electrons. The van der Waals surface area contributed by atoms with Crippen LogP contribution in [-0.2, 0) is 16.1 Å². The highest BCUT2D eigenvalue weighted by Gasteiger charge is 2.38. The van der Waals surface area contributed by atoms with Crippen LogP contribution in [0.3, 0.4) is 0 Å². The molecule has 1 aliphatic rings. The molecule has 19 heavy (non-hydrogen) atoms. The molecule has 0 aromatic carbocycles. The number of carbonyl (C=O) groups is 2. The van der Waals surface area contributed by atoms with E-state index in [1.165, 1.54) is 4.90 Å². The van der Waals surface area contributed by atoms with E-state index < -0.39 is 17.9 Å². The summed E-state index contributed by atoms with van der Waals surface area (Å²) in [5.41, 5.74) is 0. The van der Waals surface area contributed by atoms with Crippen LogP contribution in [0.1, 0.15) is 4.88 Å². The topological polar surface area (TPSA) is 78.9 Å². The number of hydrogen-bond acceptors (Lipinski definition) is 4. The van der Waals surface area contributed by atoms with E-state index in [-0.39, 0.29) is 19.2 Å². The molecule has 1 aliphatic heterocycles. The largest absolute Gasteiger partial charge is 0.481 e. The standard InChI is InChI=1S/C12H16N2O4S/c1-14(10-7-18-6-9(10)11(15)16)12(17)13-5-8-3-2-4-19-8/h2-4,9-10H,5-7H2,1H3,(H,13,17)(H,15,16). The Morgan fingerprint density at radius 2 is 2.37 bits per heavy atom. The first-order valence-electron chi connectivity index (χ1n) is 5.93. The van der Waals surface area contributed by atoms with E-state index in [2.05, 4.69) is 5.32 Å². The number of aliphatic carboxylic acids is 1. The molecule has 0 aliphatic carbocycles. The molecule has 6 nitrogen and oxygen atoms in total. The Kier molecular flexibility index (Phi) is 4.39. The highest BCUT2D eigenvalue weighted by atomic mass is 32.1. The number of hydrogen-bond donors (Lipinski definition) is 2. The molecule has 1 aromatic heterocycles. The van der Waals surface area contributed by atoms with E-state index in [1.54, 1.807) is 18.4 Å². The second-order valence-electron chi connectivity index (χ2n) is 4.40. The Labute approximate surface area is 115 Å². The first kappa shape index (κ1) is 13.8. The van der Waals surface area contributed by atoms with E-state index in [0.717, 1.165) is 4.88 Å². The lowest BCUT2D eigenvalue weighted by Crippen LogP contribution is -2.48. The van der Waals surface area contributed by atoms with Crippen LogP contribution in [0.5, 0.6) is 0 Å². The minimum Gasteiger partial charge on any atom is -0.481 e. The number of nitrogens with zero attached hydrogens (tertiary/aromatic N) is 1. The van der Waals surface area contributed by atoms with Gasteiger partial charge in [0.05, 0.1) is 25.8 Å². The lowest BCUT2D eigenvalue weighted by Gasteiger charge is -2.26. The van der Waals surface area contributed by atoms with Crippen LogP contribution >= 0.6 is 11.3 Å². The fourth-order valence-electron chi connectivity index (χ4n) is 2.01. The third-order valence-corrected chi connectivity index (χ3v) is 4.06. The van der Waals surface area contributed by atoms with Crippen molar-refractivity contribution in [3.63, 3.8) is 0 Å². The number of nitrogens with one attached hydrogen (secondary N) is 1. The van der Waals surface area contributed by atoms with Gasteiger partial charge in [-0.05, 0) is 11.4 Å². The Balaban J connectivity index is 1.89. The van der Waals surface area contributed by atoms with Crippen molar-refractivity contribution in [2.45, 2.75) is 12.6 Å². The van der Waals surface area contributed by atoms with Crippen molar-refractivity contribution < 1.29 is 19.4 Å². The van der Waals surface area contributed by atoms with Gasteiger partial charge in [0.15, 0.2) is 0 Å². The van der Waals surface area contributed by atoms with Crippen LogP contribution in [-0.4, -0.2) is 48.3 Å². The van der Waals surface area contributed by atoms with Gasteiger partial charge in [0.25, 0.3) is 0 Å². The second kappa shape index (κ2) is 6.03. The summed E-state index contributed by atoms with van der Waals surface area (Å²) in [7, 11) is 1.60. The number of carbonyl (C=O) groups excluding carboxylic acids is 1. The maximum absolute atomic E-state index is 12.0. The number of rotatable bonds is 4. The molecule has 2 heterocycles. The summed E-state index contributed by atoms with van der Waals surface area (Å²) >= 11 is 1.56. The summed E-state index contributed by atoms with van der Waals surface area (Å²) in [4.78, 5) is 25.5. The van der Waals surface area contributed by atoms with Gasteiger partial charge in [-0.2, -0.15) is 0 Å². The maximum Gasteiger partial charge on any atom is 0.317 e. The average molecular weight is 284 g/mol. The fourth-order valence-corrected chi connectivity index (χ4v) is 2.66. The Morgan fingerprint density at radius 1 is 1.58 bits per heavy atom. The van der Waals surface area contributed by atoms with Crippen LogP contribution in [0.4, 0.5) is 4.79 Å². The molecule has 2 N–H and O–H groups in total. The quantitative estimate of drug-likeness (QED) is 0.864. The Hall–Kier alpha value is -1.60. The van der Waals surface area contributed by atoms with E-state index in [9.17, 15) is 9.59 Å². The Bertz CT molecular complexity index is 449. The zero-order chi connectivity index (χ0) is 13.8. The van der Waals surface area contributed by atoms with Gasteiger partial charge in [-0.3, -0.25) is 4.79 Å². The molecule has 7 heteroatoms. The van der Waals surface area contributed by atoms with E-state index in [4.69, 9.17) is 9.84 Å². The highest BCUT2D eigenvalue weighted by Crippen LogP contribution is 2.19. The zero-order valence-electron chi connectivity index (χ0n) is 10.5. The SMILES string of the molecule is CN(C(=O)NCc1cccs1)C1COCC1C(=O)O. The van der Waals surface area contributed by atoms with E-state index in [1.807, 2.05) is 17.5 Å². The summed E-state index contributed by atoms with van der Waals surface area (Å²) in [6, 6.07) is 3.15. The van der Waals surface area contributed by atoms with E-state index >= 15 is 0 Å². The Morgan fingerprint density at radius 3 is 3.00 bits per heavy atom. The summed E-state index contributed by atoms with van der Waals surface area (Å²) in [6.07, 6.45) is 0. The normalized spacial score (nSPS) is 22.2. The van der Waals surface area contributed by atoms with Gasteiger partial charge in [-0.1, -0.05) is 6.07 Å². The second-order valence-corrected chi connectivity index (χ2v) is 5.43. The van der Waals surface area contributed by atoms with Crippen LogP contribution < -0.4 is 5.32 Å². The molecule has 0 saturated carbocycles. The first-order valence-corrected chi connectivity index (χ1v) is 6.81. The van der Waals surface area contributed by atoms with Crippen LogP contribution in [0.2, 0.25) is 0 Å². The third kappa shape index (κ3) is 3.24. The first-order chi connectivity index (χ1) is 9.09. The van der Waals surface area contributed by atoms with Crippen LogP contribution in [0.25, 0.3) is 0 Å². The minimum atomic E-state index is -0.930. The van der Waals surface area contributed by atoms with Crippen molar-refractivity contribution in [1.82, 2.24) is 10.2 Å². The van der Waals surface area contributed by atoms with Gasteiger partial charge in [0.2, 0.25) is 0 Å². The average Bonchev–Trinajstić information content (AvgIpc) is 3.05. The molecule has 2 atom stereocenters. The lowest BCUT2D eigenvalue weighted by atomic mass is 10.0. The van der Waals surface area contributed by atoms with Crippen molar-refractivity contribution in [3.05, 3.63) is 22.4 Å². The molecule has 0 bridgehead atoms. The number of ether oxygens (including phenoxy) is 1. The summed E-state index contributed by atoms with van der Waals surface area (Å²) in [6.45, 7) is 0.870. The molecule has 2 amide bonds. The monoisotopic (exact) mass is 284 g/mol. The number of amides is 2. The van der Waals surface area contributed by atoms with Gasteiger partial charge in [-0.15, -0.1) is 11.3 Å². The number of carboxylic acid groups (broad SMARTS) is 1. The zero-order valence-corrected chi connectivity index (χ0v) is 11.4. The third-order valence-electron chi connectivity index (χ3n) is 3.18. The summed E-state index contributed by atoms with van der Waals surface area (Å²) < 4.78 is 5.15. The van der Waals surface area contributed by atoms with Crippen molar-refractivity contribution in [1.29, 1.82) is 0 Å². The van der Waals surface area contributed by atoms with E-state index in [0.29, 0.717) is 6.54 Å². The highest BCUT2D eigenvalue weighted by molar-refractivity contribution is 7.09. The van der Waals surface area contributed by atoms with Crippen LogP contribution in [0, 0.1) is 5.92 Å². The van der Waals surface area contributed by atoms with Crippen molar-refractivity contribution in [2.24, 2.45) is 5.92 Å². The molecular formula is C12H16N2O4S. The van der Waals surface area contributed by atoms with Gasteiger partial charge >= 0.3 is 12.0 Å². The predicted molar refractivity (Wildman–Crippen MR) is 70.1 cm³/mol. The van der Waals surface area contributed by atoms with Gasteiger partial charge in [0, 0.05) is 11.9 Å².